The third-order valence-corrected chi connectivity index (χ3v) is 7.98. The van der Waals surface area contributed by atoms with Crippen LogP contribution in [0.15, 0.2) is 76.1 Å². The number of hydrogen-bond donors (Lipinski definition) is 1. The van der Waals surface area contributed by atoms with E-state index in [0.717, 1.165) is 25.1 Å². The Morgan fingerprint density at radius 3 is 2.20 bits per heavy atom. The summed E-state index contributed by atoms with van der Waals surface area (Å²) in [5, 5.41) is 4.55. The molecule has 0 aliphatic heterocycles. The van der Waals surface area contributed by atoms with E-state index in [1.165, 1.54) is 18.0 Å². The highest BCUT2D eigenvalue weighted by Gasteiger charge is 2.30. The second-order valence-electron chi connectivity index (χ2n) is 8.76. The summed E-state index contributed by atoms with van der Waals surface area (Å²) in [6.07, 6.45) is 0. The fourth-order valence-electron chi connectivity index (χ4n) is 3.65. The highest BCUT2D eigenvalue weighted by atomic mass is 79.9. The molecule has 0 saturated carbocycles. The van der Waals surface area contributed by atoms with Gasteiger partial charge in [-0.3, -0.25) is 9.59 Å². The maximum absolute atomic E-state index is 13.4. The number of sulfonamides is 1. The van der Waals surface area contributed by atoms with Crippen molar-refractivity contribution in [3.8, 4) is 0 Å². The van der Waals surface area contributed by atoms with Crippen LogP contribution in [0, 0.1) is 0 Å². The smallest absolute Gasteiger partial charge is 0.243 e. The molecule has 0 bridgehead atoms. The molecule has 3 aromatic carbocycles. The number of halogens is 1. The van der Waals surface area contributed by atoms with Crippen molar-refractivity contribution in [2.75, 3.05) is 13.6 Å². The lowest BCUT2D eigenvalue weighted by atomic mass is 10.1. The minimum absolute atomic E-state index is 0.0921. The molecule has 35 heavy (non-hydrogen) atoms. The molecule has 0 fully saturated rings. The molecule has 0 aromatic heterocycles. The molecule has 0 spiro atoms. The van der Waals surface area contributed by atoms with Gasteiger partial charge in [0.2, 0.25) is 21.8 Å². The van der Waals surface area contributed by atoms with Gasteiger partial charge in [0.05, 0.1) is 11.4 Å². The number of nitrogens with one attached hydrogen (secondary N) is 1. The topological polar surface area (TPSA) is 86.8 Å². The molecule has 0 aliphatic carbocycles. The lowest BCUT2D eigenvalue weighted by Gasteiger charge is -2.30. The van der Waals surface area contributed by atoms with Crippen molar-refractivity contribution in [2.45, 2.75) is 44.3 Å². The van der Waals surface area contributed by atoms with E-state index in [9.17, 15) is 18.0 Å². The lowest BCUT2D eigenvalue weighted by molar-refractivity contribution is -0.140. The first kappa shape index (κ1) is 26.8. The highest BCUT2D eigenvalue weighted by molar-refractivity contribution is 9.10. The van der Waals surface area contributed by atoms with Crippen LogP contribution in [0.4, 0.5) is 0 Å². The van der Waals surface area contributed by atoms with E-state index in [4.69, 9.17) is 0 Å². The highest BCUT2D eigenvalue weighted by Crippen LogP contribution is 2.22. The first-order valence-corrected chi connectivity index (χ1v) is 13.5. The second kappa shape index (κ2) is 11.3. The maximum Gasteiger partial charge on any atom is 0.243 e. The quantitative estimate of drug-likeness (QED) is 0.426. The monoisotopic (exact) mass is 559 g/mol. The van der Waals surface area contributed by atoms with E-state index in [1.54, 1.807) is 19.1 Å². The molecule has 2 amide bonds. The van der Waals surface area contributed by atoms with Crippen molar-refractivity contribution in [1.82, 2.24) is 14.5 Å². The van der Waals surface area contributed by atoms with Gasteiger partial charge in [0.25, 0.3) is 0 Å². The number of carbonyl (C=O) groups excluding carboxylic acids is 2. The summed E-state index contributed by atoms with van der Waals surface area (Å²) in [7, 11) is -2.55. The predicted molar refractivity (Wildman–Crippen MR) is 141 cm³/mol. The average Bonchev–Trinajstić information content (AvgIpc) is 2.82. The normalized spacial score (nSPS) is 12.7. The third kappa shape index (κ3) is 6.68. The summed E-state index contributed by atoms with van der Waals surface area (Å²) in [4.78, 5) is 27.6. The van der Waals surface area contributed by atoms with Crippen molar-refractivity contribution >= 4 is 48.5 Å². The Balaban J connectivity index is 1.84. The number of likely N-dealkylation sites (N-methyl/N-ethyl adjacent to an activating group) is 1. The van der Waals surface area contributed by atoms with Crippen LogP contribution in [0.3, 0.4) is 0 Å². The Hall–Kier alpha value is -2.75. The molecule has 0 radical (unpaired) electrons. The first-order valence-electron chi connectivity index (χ1n) is 11.3. The minimum Gasteiger partial charge on any atom is -0.352 e. The zero-order valence-electron chi connectivity index (χ0n) is 20.2. The standard InChI is InChI=1S/C26H30BrN3O4S/c1-18(2)28-26(32)19(3)30(16-20-9-12-23(27)13-10-20)25(31)17-29(4)35(33,34)24-14-11-21-7-5-6-8-22(21)15-24/h5-15,18-19H,16-17H2,1-4H3,(H,28,32)/t19-/m1/s1. The Labute approximate surface area is 215 Å². The number of hydrogen-bond acceptors (Lipinski definition) is 4. The van der Waals surface area contributed by atoms with Gasteiger partial charge in [0, 0.05) is 24.1 Å². The molecule has 3 aromatic rings. The van der Waals surface area contributed by atoms with Gasteiger partial charge in [-0.05, 0) is 61.4 Å². The number of nitrogens with zero attached hydrogens (tertiary/aromatic N) is 2. The maximum atomic E-state index is 13.4. The number of fused-ring (bicyclic) bond motifs is 1. The van der Waals surface area contributed by atoms with E-state index >= 15 is 0 Å². The van der Waals surface area contributed by atoms with Crippen LogP contribution in [0.2, 0.25) is 0 Å². The zero-order valence-corrected chi connectivity index (χ0v) is 22.6. The van der Waals surface area contributed by atoms with E-state index in [-0.39, 0.29) is 23.4 Å². The number of benzene rings is 3. The van der Waals surface area contributed by atoms with E-state index in [1.807, 2.05) is 62.4 Å². The summed E-state index contributed by atoms with van der Waals surface area (Å²) in [5.74, 6) is -0.767. The molecular formula is C26H30BrN3O4S. The summed E-state index contributed by atoms with van der Waals surface area (Å²) >= 11 is 3.39. The van der Waals surface area contributed by atoms with Crippen LogP contribution in [-0.4, -0.2) is 55.1 Å². The zero-order chi connectivity index (χ0) is 25.8. The fourth-order valence-corrected chi connectivity index (χ4v) is 5.07. The van der Waals surface area contributed by atoms with Crippen molar-refractivity contribution in [3.05, 3.63) is 76.8 Å². The molecular weight excluding hydrogens is 530 g/mol. The molecule has 0 unspecified atom stereocenters. The van der Waals surface area contributed by atoms with Gasteiger partial charge in [0.15, 0.2) is 0 Å². The number of amides is 2. The Bertz CT molecular complexity index is 1310. The van der Waals surface area contributed by atoms with Gasteiger partial charge in [0.1, 0.15) is 6.04 Å². The Morgan fingerprint density at radius 2 is 1.57 bits per heavy atom. The van der Waals surface area contributed by atoms with Crippen molar-refractivity contribution in [2.24, 2.45) is 0 Å². The molecule has 7 nitrogen and oxygen atoms in total. The number of carbonyl (C=O) groups is 2. The van der Waals surface area contributed by atoms with Crippen LogP contribution < -0.4 is 5.32 Å². The molecule has 186 valence electrons. The van der Waals surface area contributed by atoms with Gasteiger partial charge in [-0.15, -0.1) is 0 Å². The summed E-state index contributed by atoms with van der Waals surface area (Å²) in [5.41, 5.74) is 0.825. The van der Waals surface area contributed by atoms with Gasteiger partial charge < -0.3 is 10.2 Å². The molecule has 0 heterocycles. The predicted octanol–water partition coefficient (Wildman–Crippen LogP) is 4.16. The molecule has 1 N–H and O–H groups in total. The van der Waals surface area contributed by atoms with Crippen molar-refractivity contribution in [3.63, 3.8) is 0 Å². The van der Waals surface area contributed by atoms with Gasteiger partial charge in [-0.1, -0.05) is 58.4 Å². The third-order valence-electron chi connectivity index (χ3n) is 5.65. The van der Waals surface area contributed by atoms with E-state index < -0.39 is 28.5 Å². The van der Waals surface area contributed by atoms with Crippen LogP contribution in [0.5, 0.6) is 0 Å². The second-order valence-corrected chi connectivity index (χ2v) is 11.7. The lowest BCUT2D eigenvalue weighted by Crippen LogP contribution is -2.51. The van der Waals surface area contributed by atoms with E-state index in [2.05, 4.69) is 21.2 Å². The first-order chi connectivity index (χ1) is 16.5. The van der Waals surface area contributed by atoms with Crippen LogP contribution in [-0.2, 0) is 26.2 Å². The van der Waals surface area contributed by atoms with Crippen molar-refractivity contribution in [1.29, 1.82) is 0 Å². The van der Waals surface area contributed by atoms with Gasteiger partial charge in [-0.25, -0.2) is 8.42 Å². The minimum atomic E-state index is -3.92. The Morgan fingerprint density at radius 1 is 0.943 bits per heavy atom. The largest absolute Gasteiger partial charge is 0.352 e. The van der Waals surface area contributed by atoms with E-state index in [0.29, 0.717) is 0 Å². The molecule has 9 heteroatoms. The van der Waals surface area contributed by atoms with Crippen LogP contribution in [0.1, 0.15) is 26.3 Å². The summed E-state index contributed by atoms with van der Waals surface area (Å²) in [6, 6.07) is 18.9. The SMILES string of the molecule is CC(C)NC(=O)[C@@H](C)N(Cc1ccc(Br)cc1)C(=O)CN(C)S(=O)(=O)c1ccc2ccccc2c1. The van der Waals surface area contributed by atoms with Crippen LogP contribution >= 0.6 is 15.9 Å². The van der Waals surface area contributed by atoms with Gasteiger partial charge in [-0.2, -0.15) is 4.31 Å². The molecule has 3 rings (SSSR count). The van der Waals surface area contributed by atoms with Crippen LogP contribution in [0.25, 0.3) is 10.8 Å². The molecule has 1 atom stereocenters. The van der Waals surface area contributed by atoms with Crippen molar-refractivity contribution < 1.29 is 18.0 Å². The molecule has 0 aliphatic rings. The Kier molecular flexibility index (Phi) is 8.69. The summed E-state index contributed by atoms with van der Waals surface area (Å²) < 4.78 is 28.4. The fraction of sp³-hybridized carbons (Fsp3) is 0.308. The van der Waals surface area contributed by atoms with Gasteiger partial charge >= 0.3 is 0 Å². The summed E-state index contributed by atoms with van der Waals surface area (Å²) in [6.45, 7) is 5.10. The average molecular weight is 561 g/mol. The molecule has 0 saturated heterocycles. The number of rotatable bonds is 9.